The van der Waals surface area contributed by atoms with Crippen LogP contribution in [0.4, 0.5) is 4.39 Å². The molecule has 2 heterocycles. The number of nitrogens with one attached hydrogen (secondary N) is 1. The van der Waals surface area contributed by atoms with Crippen LogP contribution < -0.4 is 5.32 Å². The highest BCUT2D eigenvalue weighted by molar-refractivity contribution is 5.98. The second-order valence-corrected chi connectivity index (χ2v) is 6.70. The van der Waals surface area contributed by atoms with E-state index in [1.807, 2.05) is 11.8 Å². The summed E-state index contributed by atoms with van der Waals surface area (Å²) >= 11 is 0. The SMILES string of the molecule is CC(C(=O)N1CCCC(C(=O)c2ccc(F)cc2)C1)C1CNC1.Cl. The summed E-state index contributed by atoms with van der Waals surface area (Å²) in [5.41, 5.74) is 0.530. The van der Waals surface area contributed by atoms with E-state index in [1.165, 1.54) is 24.3 Å². The maximum absolute atomic E-state index is 13.0. The largest absolute Gasteiger partial charge is 0.342 e. The van der Waals surface area contributed by atoms with Crippen molar-refractivity contribution in [3.8, 4) is 0 Å². The van der Waals surface area contributed by atoms with Gasteiger partial charge in [-0.15, -0.1) is 12.4 Å². The maximum atomic E-state index is 13.0. The molecule has 1 amide bonds. The predicted molar refractivity (Wildman–Crippen MR) is 92.8 cm³/mol. The van der Waals surface area contributed by atoms with E-state index in [9.17, 15) is 14.0 Å². The Labute approximate surface area is 148 Å². The molecule has 2 fully saturated rings. The van der Waals surface area contributed by atoms with Gasteiger partial charge < -0.3 is 10.2 Å². The number of halogens is 2. The van der Waals surface area contributed by atoms with E-state index in [4.69, 9.17) is 0 Å². The van der Waals surface area contributed by atoms with Crippen LogP contribution >= 0.6 is 12.4 Å². The van der Waals surface area contributed by atoms with Crippen molar-refractivity contribution in [1.82, 2.24) is 10.2 Å². The lowest BCUT2D eigenvalue weighted by atomic mass is 9.85. The van der Waals surface area contributed by atoms with Gasteiger partial charge in [0.2, 0.25) is 5.91 Å². The van der Waals surface area contributed by atoms with Crippen LogP contribution in [-0.4, -0.2) is 42.8 Å². The summed E-state index contributed by atoms with van der Waals surface area (Å²) in [5.74, 6) is 0.0787. The lowest BCUT2D eigenvalue weighted by Gasteiger charge is -2.38. The van der Waals surface area contributed by atoms with Gasteiger partial charge in [0.15, 0.2) is 5.78 Å². The van der Waals surface area contributed by atoms with Gasteiger partial charge in [-0.05, 0) is 56.1 Å². The number of carbonyl (C=O) groups excluding carboxylic acids is 2. The molecule has 1 aromatic rings. The zero-order valence-corrected chi connectivity index (χ0v) is 14.7. The predicted octanol–water partition coefficient (Wildman–Crippen LogP) is 2.52. The molecule has 1 N–H and O–H groups in total. The Hall–Kier alpha value is -1.46. The molecule has 132 valence electrons. The highest BCUT2D eigenvalue weighted by Gasteiger charge is 2.35. The van der Waals surface area contributed by atoms with E-state index in [-0.39, 0.29) is 41.8 Å². The molecule has 0 aromatic heterocycles. The number of hydrogen-bond acceptors (Lipinski definition) is 3. The van der Waals surface area contributed by atoms with Crippen molar-refractivity contribution >= 4 is 24.1 Å². The van der Waals surface area contributed by atoms with Crippen LogP contribution in [0.2, 0.25) is 0 Å². The number of Topliss-reactive ketones (excluding diaryl/α,β-unsaturated/α-hetero) is 1. The van der Waals surface area contributed by atoms with Gasteiger partial charge in [-0.1, -0.05) is 6.92 Å². The first-order chi connectivity index (χ1) is 11.1. The van der Waals surface area contributed by atoms with Gasteiger partial charge in [0.05, 0.1) is 0 Å². The summed E-state index contributed by atoms with van der Waals surface area (Å²) in [5, 5.41) is 3.20. The number of ketones is 1. The van der Waals surface area contributed by atoms with Crippen LogP contribution in [0.5, 0.6) is 0 Å². The fraction of sp³-hybridized carbons (Fsp3) is 0.556. The lowest BCUT2D eigenvalue weighted by molar-refractivity contribution is -0.138. The number of rotatable bonds is 4. The van der Waals surface area contributed by atoms with Gasteiger partial charge in [-0.3, -0.25) is 9.59 Å². The van der Waals surface area contributed by atoms with Crippen molar-refractivity contribution in [2.24, 2.45) is 17.8 Å². The molecule has 6 heteroatoms. The number of carbonyl (C=O) groups is 2. The Kier molecular flexibility index (Phi) is 6.35. The second kappa shape index (κ2) is 8.08. The van der Waals surface area contributed by atoms with Crippen LogP contribution in [0.3, 0.4) is 0 Å². The summed E-state index contributed by atoms with van der Waals surface area (Å²) in [7, 11) is 0. The van der Waals surface area contributed by atoms with E-state index in [0.717, 1.165) is 32.5 Å². The Morgan fingerprint density at radius 1 is 1.25 bits per heavy atom. The molecular formula is C18H24ClFN2O2. The van der Waals surface area contributed by atoms with E-state index in [1.54, 1.807) is 0 Å². The van der Waals surface area contributed by atoms with Crippen molar-refractivity contribution < 1.29 is 14.0 Å². The number of amides is 1. The Balaban J connectivity index is 0.00000208. The molecule has 0 aliphatic carbocycles. The van der Waals surface area contributed by atoms with E-state index >= 15 is 0 Å². The minimum Gasteiger partial charge on any atom is -0.342 e. The molecule has 2 saturated heterocycles. The first-order valence-corrected chi connectivity index (χ1v) is 8.35. The molecule has 1 aromatic carbocycles. The van der Waals surface area contributed by atoms with Crippen molar-refractivity contribution in [3.05, 3.63) is 35.6 Å². The van der Waals surface area contributed by atoms with Crippen LogP contribution in [0, 0.1) is 23.6 Å². The molecule has 2 aliphatic rings. The average Bonchev–Trinajstić information content (AvgIpc) is 2.52. The first-order valence-electron chi connectivity index (χ1n) is 8.35. The summed E-state index contributed by atoms with van der Waals surface area (Å²) in [6.45, 7) is 5.01. The highest BCUT2D eigenvalue weighted by Crippen LogP contribution is 2.25. The molecule has 4 nitrogen and oxygen atoms in total. The van der Waals surface area contributed by atoms with E-state index < -0.39 is 0 Å². The van der Waals surface area contributed by atoms with Crippen molar-refractivity contribution in [1.29, 1.82) is 0 Å². The molecule has 0 radical (unpaired) electrons. The Morgan fingerprint density at radius 3 is 2.50 bits per heavy atom. The van der Waals surface area contributed by atoms with Crippen LogP contribution in [0.1, 0.15) is 30.1 Å². The lowest BCUT2D eigenvalue weighted by Crippen LogP contribution is -2.52. The average molecular weight is 355 g/mol. The third-order valence-corrected chi connectivity index (χ3v) is 5.14. The standard InChI is InChI=1S/C18H23FN2O2.ClH/c1-12(15-9-20-10-15)18(23)21-8-2-3-14(11-21)17(22)13-4-6-16(19)7-5-13;/h4-7,12,14-15,20H,2-3,8-11H2,1H3;1H. The molecule has 2 atom stereocenters. The highest BCUT2D eigenvalue weighted by atomic mass is 35.5. The van der Waals surface area contributed by atoms with Crippen LogP contribution in [0.15, 0.2) is 24.3 Å². The minimum absolute atomic E-state index is 0. The first kappa shape index (κ1) is 18.9. The van der Waals surface area contributed by atoms with Crippen molar-refractivity contribution in [2.45, 2.75) is 19.8 Å². The minimum atomic E-state index is -0.343. The summed E-state index contributed by atoms with van der Waals surface area (Å²) in [6, 6.07) is 5.68. The number of nitrogens with zero attached hydrogens (tertiary/aromatic N) is 1. The molecule has 3 rings (SSSR count). The van der Waals surface area contributed by atoms with Crippen LogP contribution in [0.25, 0.3) is 0 Å². The Morgan fingerprint density at radius 2 is 1.92 bits per heavy atom. The van der Waals surface area contributed by atoms with E-state index in [0.29, 0.717) is 18.0 Å². The van der Waals surface area contributed by atoms with Gasteiger partial charge in [0.1, 0.15) is 5.82 Å². The number of piperidine rings is 1. The number of hydrogen-bond donors (Lipinski definition) is 1. The van der Waals surface area contributed by atoms with Gasteiger partial charge in [0, 0.05) is 30.5 Å². The fourth-order valence-electron chi connectivity index (χ4n) is 3.40. The van der Waals surface area contributed by atoms with Gasteiger partial charge in [0.25, 0.3) is 0 Å². The molecular weight excluding hydrogens is 331 g/mol. The van der Waals surface area contributed by atoms with Crippen molar-refractivity contribution in [2.75, 3.05) is 26.2 Å². The molecule has 0 spiro atoms. The van der Waals surface area contributed by atoms with Gasteiger partial charge in [-0.2, -0.15) is 0 Å². The van der Waals surface area contributed by atoms with Crippen LogP contribution in [-0.2, 0) is 4.79 Å². The topological polar surface area (TPSA) is 49.4 Å². The van der Waals surface area contributed by atoms with Gasteiger partial charge in [-0.25, -0.2) is 4.39 Å². The second-order valence-electron chi connectivity index (χ2n) is 6.70. The zero-order chi connectivity index (χ0) is 16.4. The smallest absolute Gasteiger partial charge is 0.225 e. The molecule has 0 bridgehead atoms. The summed E-state index contributed by atoms with van der Waals surface area (Å²) in [4.78, 5) is 27.0. The van der Waals surface area contributed by atoms with Gasteiger partial charge >= 0.3 is 0 Å². The summed E-state index contributed by atoms with van der Waals surface area (Å²) < 4.78 is 13.0. The third kappa shape index (κ3) is 3.95. The van der Waals surface area contributed by atoms with E-state index in [2.05, 4.69) is 5.32 Å². The fourth-order valence-corrected chi connectivity index (χ4v) is 3.40. The zero-order valence-electron chi connectivity index (χ0n) is 13.8. The number of likely N-dealkylation sites (tertiary alicyclic amines) is 1. The summed E-state index contributed by atoms with van der Waals surface area (Å²) in [6.07, 6.45) is 1.64. The molecule has 24 heavy (non-hydrogen) atoms. The maximum Gasteiger partial charge on any atom is 0.225 e. The Bertz CT molecular complexity index is 589. The molecule has 2 aliphatic heterocycles. The normalized spacial score (nSPS) is 22.2. The molecule has 2 unspecified atom stereocenters. The van der Waals surface area contributed by atoms with Crippen molar-refractivity contribution in [3.63, 3.8) is 0 Å². The molecule has 0 saturated carbocycles. The third-order valence-electron chi connectivity index (χ3n) is 5.14. The monoisotopic (exact) mass is 354 g/mol. The number of benzene rings is 1. The quantitative estimate of drug-likeness (QED) is 0.845.